The zero-order valence-electron chi connectivity index (χ0n) is 11.6. The van der Waals surface area contributed by atoms with Gasteiger partial charge in [0.05, 0.1) is 11.6 Å². The number of fused-ring (bicyclic) bond motifs is 1. The van der Waals surface area contributed by atoms with Gasteiger partial charge in [-0.2, -0.15) is 9.78 Å². The van der Waals surface area contributed by atoms with Crippen molar-refractivity contribution in [3.8, 4) is 5.82 Å². The zero-order valence-corrected chi connectivity index (χ0v) is 11.6. The topological polar surface area (TPSA) is 68.5 Å². The van der Waals surface area contributed by atoms with E-state index in [4.69, 9.17) is 0 Å². The van der Waals surface area contributed by atoms with Gasteiger partial charge in [-0.15, -0.1) is 0 Å². The number of nitrogens with one attached hydrogen (secondary N) is 1. The van der Waals surface area contributed by atoms with Crippen molar-refractivity contribution >= 4 is 22.5 Å². The summed E-state index contributed by atoms with van der Waals surface area (Å²) in [6.07, 6.45) is 5.00. The second-order valence-electron chi connectivity index (χ2n) is 4.69. The molecular weight excluding hydrogens is 276 g/mol. The Bertz CT molecular complexity index is 902. The lowest BCUT2D eigenvalue weighted by atomic mass is 10.3. The molecule has 6 heteroatoms. The van der Waals surface area contributed by atoms with Crippen LogP contribution in [0.3, 0.4) is 0 Å². The maximum Gasteiger partial charge on any atom is 0.170 e. The largest absolute Gasteiger partial charge is 0.340 e. The average molecular weight is 288 g/mol. The fourth-order valence-corrected chi connectivity index (χ4v) is 2.25. The lowest BCUT2D eigenvalue weighted by Gasteiger charge is -2.06. The molecule has 3 heterocycles. The molecule has 0 fully saturated rings. The van der Waals surface area contributed by atoms with Crippen molar-refractivity contribution in [3.05, 3.63) is 67.3 Å². The Hall–Kier alpha value is -3.28. The van der Waals surface area contributed by atoms with Crippen molar-refractivity contribution in [3.63, 3.8) is 0 Å². The molecule has 0 saturated carbocycles. The number of para-hydroxylation sites is 1. The molecule has 0 bridgehead atoms. The van der Waals surface area contributed by atoms with E-state index in [0.717, 1.165) is 22.7 Å². The summed E-state index contributed by atoms with van der Waals surface area (Å²) < 4.78 is 1.70. The second-order valence-corrected chi connectivity index (χ2v) is 4.69. The van der Waals surface area contributed by atoms with E-state index in [9.17, 15) is 0 Å². The molecule has 0 saturated heterocycles. The summed E-state index contributed by atoms with van der Waals surface area (Å²) in [5, 5.41) is 8.51. The van der Waals surface area contributed by atoms with E-state index >= 15 is 0 Å². The predicted octanol–water partition coefficient (Wildman–Crippen LogP) is 2.95. The third-order valence-corrected chi connectivity index (χ3v) is 3.27. The van der Waals surface area contributed by atoms with Crippen LogP contribution in [0.2, 0.25) is 0 Å². The molecule has 22 heavy (non-hydrogen) atoms. The summed E-state index contributed by atoms with van der Waals surface area (Å²) in [6.45, 7) is 0. The Labute approximate surface area is 126 Å². The van der Waals surface area contributed by atoms with Crippen LogP contribution in [-0.4, -0.2) is 24.7 Å². The van der Waals surface area contributed by atoms with Gasteiger partial charge in [0.2, 0.25) is 0 Å². The van der Waals surface area contributed by atoms with Gasteiger partial charge in [0.25, 0.3) is 0 Å². The van der Waals surface area contributed by atoms with Crippen LogP contribution in [0.15, 0.2) is 67.3 Å². The van der Waals surface area contributed by atoms with Crippen LogP contribution in [0.5, 0.6) is 0 Å². The van der Waals surface area contributed by atoms with Gasteiger partial charge >= 0.3 is 0 Å². The molecule has 0 spiro atoms. The number of hydrogen-bond donors (Lipinski definition) is 1. The van der Waals surface area contributed by atoms with Gasteiger partial charge in [-0.1, -0.05) is 24.3 Å². The van der Waals surface area contributed by atoms with Gasteiger partial charge in [0, 0.05) is 11.9 Å². The van der Waals surface area contributed by atoms with E-state index in [1.807, 2.05) is 48.5 Å². The van der Waals surface area contributed by atoms with Crippen molar-refractivity contribution in [2.24, 2.45) is 0 Å². The van der Waals surface area contributed by atoms with Crippen LogP contribution in [0, 0.1) is 0 Å². The summed E-state index contributed by atoms with van der Waals surface area (Å²) in [7, 11) is 0. The van der Waals surface area contributed by atoms with Crippen molar-refractivity contribution in [1.82, 2.24) is 24.7 Å². The standard InChI is InChI=1S/C16H12N6/c1-2-6-12(7-3-1)21-15-13-10-20-22(16(13)19-11-18-15)14-8-4-5-9-17-14/h1-11H,(H,18,19,21). The molecule has 0 atom stereocenters. The first-order valence-electron chi connectivity index (χ1n) is 6.84. The van der Waals surface area contributed by atoms with Gasteiger partial charge in [-0.25, -0.2) is 15.0 Å². The summed E-state index contributed by atoms with van der Waals surface area (Å²) >= 11 is 0. The van der Waals surface area contributed by atoms with Crippen LogP contribution >= 0.6 is 0 Å². The lowest BCUT2D eigenvalue weighted by Crippen LogP contribution is -2.01. The first kappa shape index (κ1) is 12.5. The molecule has 0 aliphatic rings. The third kappa shape index (κ3) is 2.16. The smallest absolute Gasteiger partial charge is 0.170 e. The zero-order chi connectivity index (χ0) is 14.8. The van der Waals surface area contributed by atoms with E-state index in [-0.39, 0.29) is 0 Å². The van der Waals surface area contributed by atoms with Crippen LogP contribution in [0.25, 0.3) is 16.9 Å². The number of hydrogen-bond acceptors (Lipinski definition) is 5. The molecule has 4 aromatic rings. The van der Waals surface area contributed by atoms with Crippen LogP contribution < -0.4 is 5.32 Å². The first-order valence-corrected chi connectivity index (χ1v) is 6.84. The number of benzene rings is 1. The molecule has 0 amide bonds. The van der Waals surface area contributed by atoms with Gasteiger partial charge in [0.1, 0.15) is 12.1 Å². The summed E-state index contributed by atoms with van der Waals surface area (Å²) in [4.78, 5) is 12.9. The van der Waals surface area contributed by atoms with Crippen molar-refractivity contribution in [2.75, 3.05) is 5.32 Å². The highest BCUT2D eigenvalue weighted by Crippen LogP contribution is 2.23. The van der Waals surface area contributed by atoms with E-state index in [0.29, 0.717) is 5.65 Å². The Balaban J connectivity index is 1.81. The van der Waals surface area contributed by atoms with Crippen molar-refractivity contribution in [1.29, 1.82) is 0 Å². The number of anilines is 2. The summed E-state index contributed by atoms with van der Waals surface area (Å²) in [5.41, 5.74) is 1.68. The Morgan fingerprint density at radius 3 is 2.55 bits per heavy atom. The number of rotatable bonds is 3. The van der Waals surface area contributed by atoms with Gasteiger partial charge in [-0.3, -0.25) is 0 Å². The minimum atomic E-state index is 0.715. The maximum absolute atomic E-state index is 4.38. The highest BCUT2D eigenvalue weighted by Gasteiger charge is 2.11. The number of aromatic nitrogens is 5. The Morgan fingerprint density at radius 2 is 1.73 bits per heavy atom. The number of pyridine rings is 1. The quantitative estimate of drug-likeness (QED) is 0.627. The molecular formula is C16H12N6. The Kier molecular flexibility index (Phi) is 2.97. The molecule has 106 valence electrons. The van der Waals surface area contributed by atoms with E-state index < -0.39 is 0 Å². The van der Waals surface area contributed by atoms with Gasteiger partial charge in [-0.05, 0) is 24.3 Å². The van der Waals surface area contributed by atoms with Crippen molar-refractivity contribution < 1.29 is 0 Å². The molecule has 1 aromatic carbocycles. The van der Waals surface area contributed by atoms with Crippen LogP contribution in [-0.2, 0) is 0 Å². The van der Waals surface area contributed by atoms with E-state index in [1.165, 1.54) is 6.33 Å². The molecule has 3 aromatic heterocycles. The van der Waals surface area contributed by atoms with Crippen molar-refractivity contribution in [2.45, 2.75) is 0 Å². The summed E-state index contributed by atoms with van der Waals surface area (Å²) in [6, 6.07) is 15.6. The van der Waals surface area contributed by atoms with Gasteiger partial charge < -0.3 is 5.32 Å². The molecule has 6 nitrogen and oxygen atoms in total. The second kappa shape index (κ2) is 5.25. The minimum Gasteiger partial charge on any atom is -0.340 e. The summed E-state index contributed by atoms with van der Waals surface area (Å²) in [5.74, 6) is 1.44. The Morgan fingerprint density at radius 1 is 0.864 bits per heavy atom. The normalized spacial score (nSPS) is 10.7. The van der Waals surface area contributed by atoms with Gasteiger partial charge in [0.15, 0.2) is 11.5 Å². The van der Waals surface area contributed by atoms with E-state index in [1.54, 1.807) is 17.1 Å². The van der Waals surface area contributed by atoms with E-state index in [2.05, 4.69) is 25.4 Å². The SMILES string of the molecule is c1ccc(Nc2ncnc3c2cnn3-c2ccccn2)cc1. The fraction of sp³-hybridized carbons (Fsp3) is 0. The third-order valence-electron chi connectivity index (χ3n) is 3.27. The minimum absolute atomic E-state index is 0.715. The molecule has 0 unspecified atom stereocenters. The van der Waals surface area contributed by atoms with Crippen LogP contribution in [0.1, 0.15) is 0 Å². The molecule has 1 N–H and O–H groups in total. The highest BCUT2D eigenvalue weighted by atomic mass is 15.3. The highest BCUT2D eigenvalue weighted by molar-refractivity contribution is 5.88. The molecule has 4 rings (SSSR count). The predicted molar refractivity (Wildman–Crippen MR) is 84.2 cm³/mol. The fourth-order valence-electron chi connectivity index (χ4n) is 2.25. The lowest BCUT2D eigenvalue weighted by molar-refractivity contribution is 0.861. The van der Waals surface area contributed by atoms with Crippen LogP contribution in [0.4, 0.5) is 11.5 Å². The monoisotopic (exact) mass is 288 g/mol. The number of nitrogens with zero attached hydrogens (tertiary/aromatic N) is 5. The molecule has 0 radical (unpaired) electrons. The molecule has 0 aliphatic heterocycles. The first-order chi connectivity index (χ1) is 10.9. The maximum atomic E-state index is 4.38. The molecule has 0 aliphatic carbocycles. The average Bonchev–Trinajstić information content (AvgIpc) is 3.02.